The van der Waals surface area contributed by atoms with Gasteiger partial charge in [0.05, 0.1) is 29.8 Å². The maximum absolute atomic E-state index is 12.2. The van der Waals surface area contributed by atoms with Crippen LogP contribution in [0.4, 0.5) is 5.69 Å². The van der Waals surface area contributed by atoms with Gasteiger partial charge >= 0.3 is 5.97 Å². The molecule has 1 heterocycles. The fourth-order valence-electron chi connectivity index (χ4n) is 2.88. The van der Waals surface area contributed by atoms with Crippen LogP contribution in [0.3, 0.4) is 0 Å². The van der Waals surface area contributed by atoms with Crippen LogP contribution in [0.15, 0.2) is 53.3 Å². The van der Waals surface area contributed by atoms with E-state index in [1.807, 2.05) is 6.92 Å². The van der Waals surface area contributed by atoms with Crippen molar-refractivity contribution in [2.75, 3.05) is 18.5 Å². The molecule has 0 aliphatic heterocycles. The molecule has 0 spiro atoms. The number of esters is 1. The van der Waals surface area contributed by atoms with Crippen molar-refractivity contribution in [3.63, 3.8) is 0 Å². The molecule has 2 aromatic carbocycles. The Morgan fingerprint density at radius 2 is 1.76 bits per heavy atom. The average Bonchev–Trinajstić information content (AvgIpc) is 2.72. The zero-order valence-electron chi connectivity index (χ0n) is 16.2. The SMILES string of the molecule is CCOc1ccccc1NC(=O)COC(=O)Cc1nn(C)c(=O)c2ccccc12. The maximum Gasteiger partial charge on any atom is 0.312 e. The summed E-state index contributed by atoms with van der Waals surface area (Å²) < 4.78 is 11.7. The summed E-state index contributed by atoms with van der Waals surface area (Å²) in [5.41, 5.74) is 0.668. The molecule has 1 N–H and O–H groups in total. The van der Waals surface area contributed by atoms with E-state index < -0.39 is 18.5 Å². The monoisotopic (exact) mass is 395 g/mol. The topological polar surface area (TPSA) is 99.5 Å². The summed E-state index contributed by atoms with van der Waals surface area (Å²) in [4.78, 5) is 36.5. The third-order valence-corrected chi connectivity index (χ3v) is 4.17. The highest BCUT2D eigenvalue weighted by Gasteiger charge is 2.15. The van der Waals surface area contributed by atoms with Crippen LogP contribution >= 0.6 is 0 Å². The van der Waals surface area contributed by atoms with Crippen LogP contribution in [-0.2, 0) is 27.8 Å². The van der Waals surface area contributed by atoms with Crippen LogP contribution in [0, 0.1) is 0 Å². The second-order valence-corrected chi connectivity index (χ2v) is 6.24. The summed E-state index contributed by atoms with van der Waals surface area (Å²) in [5.74, 6) is -0.561. The van der Waals surface area contributed by atoms with Crippen molar-refractivity contribution < 1.29 is 19.1 Å². The van der Waals surface area contributed by atoms with Crippen molar-refractivity contribution in [2.45, 2.75) is 13.3 Å². The minimum Gasteiger partial charge on any atom is -0.492 e. The molecule has 1 amide bonds. The van der Waals surface area contributed by atoms with E-state index >= 15 is 0 Å². The fourth-order valence-corrected chi connectivity index (χ4v) is 2.88. The number of ether oxygens (including phenoxy) is 2. The van der Waals surface area contributed by atoms with Crippen LogP contribution in [-0.4, -0.2) is 34.9 Å². The molecule has 0 saturated carbocycles. The van der Waals surface area contributed by atoms with Gasteiger partial charge in [-0.25, -0.2) is 4.68 Å². The molecule has 8 nitrogen and oxygen atoms in total. The van der Waals surface area contributed by atoms with Crippen LogP contribution in [0.1, 0.15) is 12.6 Å². The Morgan fingerprint density at radius 1 is 1.07 bits per heavy atom. The molecule has 0 aliphatic rings. The first-order chi connectivity index (χ1) is 14.0. The van der Waals surface area contributed by atoms with Crippen molar-refractivity contribution in [3.05, 3.63) is 64.6 Å². The number of rotatable bonds is 7. The minimum atomic E-state index is -0.616. The number of fused-ring (bicyclic) bond motifs is 1. The van der Waals surface area contributed by atoms with Gasteiger partial charge in [0.1, 0.15) is 5.75 Å². The summed E-state index contributed by atoms with van der Waals surface area (Å²) in [6.07, 6.45) is -0.155. The Balaban J connectivity index is 1.64. The number of anilines is 1. The lowest BCUT2D eigenvalue weighted by Gasteiger charge is -2.11. The summed E-state index contributed by atoms with van der Waals surface area (Å²) in [7, 11) is 1.52. The Labute approximate surface area is 167 Å². The third-order valence-electron chi connectivity index (χ3n) is 4.17. The molecular formula is C21H21N3O5. The summed E-state index contributed by atoms with van der Waals surface area (Å²) in [6.45, 7) is 1.86. The molecule has 0 radical (unpaired) electrons. The van der Waals surface area contributed by atoms with Gasteiger partial charge in [0, 0.05) is 12.4 Å². The standard InChI is InChI=1S/C21H21N3O5/c1-3-28-18-11-7-6-10-16(18)22-19(25)13-29-20(26)12-17-14-8-4-5-9-15(14)21(27)24(2)23-17/h4-11H,3,12-13H2,1-2H3,(H,22,25). The Hall–Kier alpha value is -3.68. The molecule has 0 saturated heterocycles. The molecule has 0 atom stereocenters. The largest absolute Gasteiger partial charge is 0.492 e. The number of aromatic nitrogens is 2. The minimum absolute atomic E-state index is 0.155. The smallest absolute Gasteiger partial charge is 0.312 e. The number of carbonyl (C=O) groups is 2. The molecule has 3 aromatic rings. The number of amides is 1. The summed E-state index contributed by atoms with van der Waals surface area (Å²) >= 11 is 0. The third kappa shape index (κ3) is 4.78. The number of benzene rings is 2. The second kappa shape index (κ2) is 9.01. The van der Waals surface area contributed by atoms with Gasteiger partial charge in [-0.2, -0.15) is 5.10 Å². The quantitative estimate of drug-likeness (QED) is 0.615. The van der Waals surface area contributed by atoms with Crippen molar-refractivity contribution in [2.24, 2.45) is 7.05 Å². The van der Waals surface area contributed by atoms with Crippen LogP contribution in [0.25, 0.3) is 10.8 Å². The molecule has 0 unspecified atom stereocenters. The van der Waals surface area contributed by atoms with Crippen LogP contribution in [0.5, 0.6) is 5.75 Å². The second-order valence-electron chi connectivity index (χ2n) is 6.24. The van der Waals surface area contributed by atoms with Crippen LogP contribution < -0.4 is 15.6 Å². The highest BCUT2D eigenvalue weighted by Crippen LogP contribution is 2.23. The van der Waals surface area contributed by atoms with E-state index in [2.05, 4.69) is 10.4 Å². The van der Waals surface area contributed by atoms with E-state index in [-0.39, 0.29) is 12.0 Å². The van der Waals surface area contributed by atoms with Gasteiger partial charge in [0.15, 0.2) is 6.61 Å². The number of hydrogen-bond acceptors (Lipinski definition) is 6. The molecule has 150 valence electrons. The number of nitrogens with one attached hydrogen (secondary N) is 1. The number of carbonyl (C=O) groups excluding carboxylic acids is 2. The van der Waals surface area contributed by atoms with Gasteiger partial charge in [0.25, 0.3) is 11.5 Å². The highest BCUT2D eigenvalue weighted by atomic mass is 16.5. The molecule has 8 heteroatoms. The first-order valence-corrected chi connectivity index (χ1v) is 9.11. The molecular weight excluding hydrogens is 374 g/mol. The lowest BCUT2D eigenvalue weighted by atomic mass is 10.1. The van der Waals surface area contributed by atoms with Gasteiger partial charge < -0.3 is 14.8 Å². The lowest BCUT2D eigenvalue weighted by molar-refractivity contribution is -0.146. The zero-order chi connectivity index (χ0) is 20.8. The summed E-state index contributed by atoms with van der Waals surface area (Å²) in [6, 6.07) is 13.9. The normalized spacial score (nSPS) is 10.6. The average molecular weight is 395 g/mol. The maximum atomic E-state index is 12.2. The number of hydrogen-bond donors (Lipinski definition) is 1. The van der Waals surface area contributed by atoms with Crippen molar-refractivity contribution >= 4 is 28.3 Å². The number of para-hydroxylation sites is 2. The summed E-state index contributed by atoms with van der Waals surface area (Å²) in [5, 5.41) is 7.87. The Bertz CT molecular complexity index is 1110. The highest BCUT2D eigenvalue weighted by molar-refractivity contribution is 5.94. The van der Waals surface area contributed by atoms with Gasteiger partial charge in [-0.3, -0.25) is 14.4 Å². The molecule has 3 rings (SSSR count). The van der Waals surface area contributed by atoms with Crippen molar-refractivity contribution in [3.8, 4) is 5.75 Å². The van der Waals surface area contributed by atoms with Gasteiger partial charge in [0.2, 0.25) is 0 Å². The molecule has 1 aromatic heterocycles. The van der Waals surface area contributed by atoms with E-state index in [0.29, 0.717) is 34.5 Å². The Kier molecular flexibility index (Phi) is 6.23. The fraction of sp³-hybridized carbons (Fsp3) is 0.238. The van der Waals surface area contributed by atoms with Crippen molar-refractivity contribution in [1.82, 2.24) is 9.78 Å². The molecule has 29 heavy (non-hydrogen) atoms. The van der Waals surface area contributed by atoms with E-state index in [4.69, 9.17) is 9.47 Å². The number of aryl methyl sites for hydroxylation is 1. The van der Waals surface area contributed by atoms with Gasteiger partial charge in [-0.15, -0.1) is 0 Å². The first-order valence-electron chi connectivity index (χ1n) is 9.11. The Morgan fingerprint density at radius 3 is 2.52 bits per heavy atom. The predicted molar refractivity (Wildman–Crippen MR) is 108 cm³/mol. The molecule has 0 bridgehead atoms. The zero-order valence-corrected chi connectivity index (χ0v) is 16.2. The van der Waals surface area contributed by atoms with Gasteiger partial charge in [-0.1, -0.05) is 30.3 Å². The van der Waals surface area contributed by atoms with E-state index in [1.54, 1.807) is 48.5 Å². The predicted octanol–water partition coefficient (Wildman–Crippen LogP) is 2.06. The molecule has 0 aliphatic carbocycles. The van der Waals surface area contributed by atoms with E-state index in [9.17, 15) is 14.4 Å². The van der Waals surface area contributed by atoms with Crippen molar-refractivity contribution in [1.29, 1.82) is 0 Å². The number of nitrogens with zero attached hydrogens (tertiary/aromatic N) is 2. The van der Waals surface area contributed by atoms with E-state index in [1.165, 1.54) is 11.7 Å². The van der Waals surface area contributed by atoms with Gasteiger partial charge in [-0.05, 0) is 25.1 Å². The lowest BCUT2D eigenvalue weighted by Crippen LogP contribution is -2.24. The first kappa shape index (κ1) is 20.1. The van der Waals surface area contributed by atoms with Crippen LogP contribution in [0.2, 0.25) is 0 Å². The van der Waals surface area contributed by atoms with E-state index in [0.717, 1.165) is 0 Å². The molecule has 0 fully saturated rings.